The molecule has 4 aromatic rings. The zero-order valence-corrected chi connectivity index (χ0v) is 17.9. The molecule has 6 nitrogen and oxygen atoms in total. The minimum atomic E-state index is -0.287. The minimum Gasteiger partial charge on any atom is -0.489 e. The second-order valence-electron chi connectivity index (χ2n) is 7.22. The van der Waals surface area contributed by atoms with Gasteiger partial charge in [-0.15, -0.1) is 16.4 Å². The Morgan fingerprint density at radius 3 is 2.74 bits per heavy atom. The first-order chi connectivity index (χ1) is 15.0. The molecule has 0 fully saturated rings. The number of hydrogen-bond acceptors (Lipinski definition) is 5. The first-order valence-corrected chi connectivity index (χ1v) is 10.6. The van der Waals surface area contributed by atoms with Gasteiger partial charge in [-0.1, -0.05) is 24.3 Å². The zero-order valence-electron chi connectivity index (χ0n) is 17.1. The summed E-state index contributed by atoms with van der Waals surface area (Å²) in [6.07, 6.45) is 1.52. The van der Waals surface area contributed by atoms with Gasteiger partial charge in [-0.05, 0) is 60.2 Å². The smallest absolute Gasteiger partial charge is 0.268 e. The van der Waals surface area contributed by atoms with Crippen LogP contribution in [0.4, 0.5) is 10.3 Å². The number of carbonyl (C=O) groups excluding carboxylic acids is 1. The lowest BCUT2D eigenvalue weighted by Gasteiger charge is -2.08. The Morgan fingerprint density at radius 2 is 1.94 bits per heavy atom. The summed E-state index contributed by atoms with van der Waals surface area (Å²) in [5, 5.41) is 8.86. The lowest BCUT2D eigenvalue weighted by atomic mass is 10.1. The molecule has 0 unspecified atom stereocenters. The van der Waals surface area contributed by atoms with E-state index in [9.17, 15) is 9.18 Å². The van der Waals surface area contributed by atoms with Crippen LogP contribution in [0.15, 0.2) is 60.2 Å². The Hall–Kier alpha value is -3.52. The Morgan fingerprint density at radius 1 is 1.13 bits per heavy atom. The quantitative estimate of drug-likeness (QED) is 0.444. The predicted molar refractivity (Wildman–Crippen MR) is 118 cm³/mol. The number of nitrogens with one attached hydrogen (secondary N) is 1. The van der Waals surface area contributed by atoms with E-state index in [2.05, 4.69) is 15.4 Å². The standard InChI is InChI=1S/C23H21FN4O2S/c1-15-3-4-16(2)20(9-15)30-12-18-10-21(31-13-18)22(29)26-23-25-14-28(27-23)11-17-5-7-19(24)8-6-17/h3-10,13-14H,11-12H2,1-2H3,(H,26,27,29). The molecule has 31 heavy (non-hydrogen) atoms. The fraction of sp³-hybridized carbons (Fsp3) is 0.174. The van der Waals surface area contributed by atoms with Crippen LogP contribution in [0.25, 0.3) is 0 Å². The summed E-state index contributed by atoms with van der Waals surface area (Å²) < 4.78 is 20.5. The number of aromatic nitrogens is 3. The van der Waals surface area contributed by atoms with E-state index in [-0.39, 0.29) is 17.7 Å². The van der Waals surface area contributed by atoms with E-state index in [1.165, 1.54) is 29.8 Å². The molecule has 0 aliphatic carbocycles. The largest absolute Gasteiger partial charge is 0.489 e. The Kier molecular flexibility index (Phi) is 6.08. The second-order valence-corrected chi connectivity index (χ2v) is 8.13. The molecular formula is C23H21FN4O2S. The van der Waals surface area contributed by atoms with Gasteiger partial charge >= 0.3 is 0 Å². The van der Waals surface area contributed by atoms with E-state index in [4.69, 9.17) is 4.74 Å². The first kappa shape index (κ1) is 20.7. The number of nitrogens with zero attached hydrogens (tertiary/aromatic N) is 3. The minimum absolute atomic E-state index is 0.216. The molecular weight excluding hydrogens is 415 g/mol. The molecule has 4 rings (SSSR count). The molecule has 0 saturated carbocycles. The van der Waals surface area contributed by atoms with Gasteiger partial charge in [0.1, 0.15) is 24.5 Å². The van der Waals surface area contributed by atoms with Crippen molar-refractivity contribution in [2.45, 2.75) is 27.0 Å². The number of ether oxygens (including phenoxy) is 1. The van der Waals surface area contributed by atoms with Gasteiger partial charge < -0.3 is 4.74 Å². The number of hydrogen-bond donors (Lipinski definition) is 1. The van der Waals surface area contributed by atoms with Crippen LogP contribution in [-0.4, -0.2) is 20.7 Å². The van der Waals surface area contributed by atoms with E-state index in [1.54, 1.807) is 22.9 Å². The summed E-state index contributed by atoms with van der Waals surface area (Å²) >= 11 is 1.34. The van der Waals surface area contributed by atoms with E-state index in [0.717, 1.165) is 28.0 Å². The molecule has 0 aliphatic heterocycles. The van der Waals surface area contributed by atoms with Crippen LogP contribution in [-0.2, 0) is 13.2 Å². The van der Waals surface area contributed by atoms with Gasteiger partial charge in [0.05, 0.1) is 11.4 Å². The Bertz CT molecular complexity index is 1200. The number of thiophene rings is 1. The molecule has 2 aromatic heterocycles. The van der Waals surface area contributed by atoms with Crippen molar-refractivity contribution < 1.29 is 13.9 Å². The van der Waals surface area contributed by atoms with Crippen LogP contribution in [0.2, 0.25) is 0 Å². The van der Waals surface area contributed by atoms with Crippen LogP contribution in [0.1, 0.15) is 31.9 Å². The lowest BCUT2D eigenvalue weighted by Crippen LogP contribution is -2.12. The number of halogens is 1. The van der Waals surface area contributed by atoms with Gasteiger partial charge in [0.25, 0.3) is 5.91 Å². The molecule has 0 spiro atoms. The van der Waals surface area contributed by atoms with E-state index < -0.39 is 0 Å². The monoisotopic (exact) mass is 436 g/mol. The van der Waals surface area contributed by atoms with Crippen LogP contribution >= 0.6 is 11.3 Å². The highest BCUT2D eigenvalue weighted by Crippen LogP contribution is 2.22. The zero-order chi connectivity index (χ0) is 21.8. The molecule has 2 aromatic carbocycles. The molecule has 1 N–H and O–H groups in total. The normalized spacial score (nSPS) is 10.8. The van der Waals surface area contributed by atoms with Crippen molar-refractivity contribution in [2.75, 3.05) is 5.32 Å². The molecule has 0 atom stereocenters. The number of amides is 1. The van der Waals surface area contributed by atoms with Crippen molar-refractivity contribution in [1.82, 2.24) is 14.8 Å². The van der Waals surface area contributed by atoms with Crippen LogP contribution in [0, 0.1) is 19.7 Å². The maximum atomic E-state index is 13.0. The van der Waals surface area contributed by atoms with Crippen molar-refractivity contribution >= 4 is 23.2 Å². The molecule has 1 amide bonds. The van der Waals surface area contributed by atoms with Gasteiger partial charge in [0.15, 0.2) is 0 Å². The molecule has 0 bridgehead atoms. The van der Waals surface area contributed by atoms with E-state index in [0.29, 0.717) is 18.0 Å². The van der Waals surface area contributed by atoms with E-state index in [1.807, 2.05) is 37.4 Å². The summed E-state index contributed by atoms with van der Waals surface area (Å²) in [6, 6.07) is 14.0. The predicted octanol–water partition coefficient (Wildman–Crippen LogP) is 4.98. The number of rotatable bonds is 7. The maximum Gasteiger partial charge on any atom is 0.268 e. The highest BCUT2D eigenvalue weighted by Gasteiger charge is 2.13. The van der Waals surface area contributed by atoms with Crippen molar-refractivity contribution in [1.29, 1.82) is 0 Å². The van der Waals surface area contributed by atoms with Gasteiger partial charge in [-0.2, -0.15) is 0 Å². The summed E-state index contributed by atoms with van der Waals surface area (Å²) in [5.41, 5.74) is 4.01. The average Bonchev–Trinajstić information content (AvgIpc) is 3.40. The molecule has 0 radical (unpaired) electrons. The fourth-order valence-electron chi connectivity index (χ4n) is 2.96. The number of benzene rings is 2. The first-order valence-electron chi connectivity index (χ1n) is 9.69. The fourth-order valence-corrected chi connectivity index (χ4v) is 3.75. The summed E-state index contributed by atoms with van der Waals surface area (Å²) in [5.74, 6) is 0.495. The summed E-state index contributed by atoms with van der Waals surface area (Å²) in [4.78, 5) is 17.2. The van der Waals surface area contributed by atoms with Crippen LogP contribution in [0.3, 0.4) is 0 Å². The topological polar surface area (TPSA) is 69.0 Å². The Balaban J connectivity index is 1.34. The SMILES string of the molecule is Cc1ccc(C)c(OCc2csc(C(=O)Nc3ncn(Cc4ccc(F)cc4)n3)c2)c1. The van der Waals surface area contributed by atoms with Crippen molar-refractivity contribution in [3.05, 3.63) is 93.2 Å². The third kappa shape index (κ3) is 5.35. The molecule has 8 heteroatoms. The summed E-state index contributed by atoms with van der Waals surface area (Å²) in [6.45, 7) is 4.85. The molecule has 158 valence electrons. The maximum absolute atomic E-state index is 13.0. The number of anilines is 1. The Labute approximate surface area is 183 Å². The van der Waals surface area contributed by atoms with Crippen LogP contribution < -0.4 is 10.1 Å². The van der Waals surface area contributed by atoms with Crippen LogP contribution in [0.5, 0.6) is 5.75 Å². The number of aryl methyl sites for hydroxylation is 2. The van der Waals surface area contributed by atoms with Crippen molar-refractivity contribution in [3.8, 4) is 5.75 Å². The third-order valence-electron chi connectivity index (χ3n) is 4.64. The highest BCUT2D eigenvalue weighted by molar-refractivity contribution is 7.12. The lowest BCUT2D eigenvalue weighted by molar-refractivity contribution is 0.102. The second kappa shape index (κ2) is 9.09. The summed E-state index contributed by atoms with van der Waals surface area (Å²) in [7, 11) is 0. The average molecular weight is 437 g/mol. The third-order valence-corrected chi connectivity index (χ3v) is 5.61. The van der Waals surface area contributed by atoms with Gasteiger partial charge in [-0.25, -0.2) is 14.1 Å². The molecule has 2 heterocycles. The van der Waals surface area contributed by atoms with Crippen molar-refractivity contribution in [2.24, 2.45) is 0 Å². The van der Waals surface area contributed by atoms with Gasteiger partial charge in [0, 0.05) is 5.56 Å². The van der Waals surface area contributed by atoms with Gasteiger partial charge in [-0.3, -0.25) is 10.1 Å². The highest BCUT2D eigenvalue weighted by atomic mass is 32.1. The van der Waals surface area contributed by atoms with Crippen molar-refractivity contribution in [3.63, 3.8) is 0 Å². The molecule has 0 saturated heterocycles. The number of carbonyl (C=O) groups is 1. The van der Waals surface area contributed by atoms with Gasteiger partial charge in [0.2, 0.25) is 5.95 Å². The molecule has 0 aliphatic rings. The van der Waals surface area contributed by atoms with E-state index >= 15 is 0 Å².